The van der Waals surface area contributed by atoms with Crippen LogP contribution in [0.3, 0.4) is 0 Å². The molecule has 0 aliphatic carbocycles. The van der Waals surface area contributed by atoms with Crippen LogP contribution < -0.4 is 4.90 Å². The predicted molar refractivity (Wildman–Crippen MR) is 70.3 cm³/mol. The minimum Gasteiger partial charge on any atom is -0.334 e. The van der Waals surface area contributed by atoms with Crippen LogP contribution in [-0.4, -0.2) is 36.3 Å². The van der Waals surface area contributed by atoms with Crippen molar-refractivity contribution >= 4 is 17.5 Å². The Bertz CT molecular complexity index is 444. The van der Waals surface area contributed by atoms with E-state index in [1.54, 1.807) is 16.8 Å². The summed E-state index contributed by atoms with van der Waals surface area (Å²) in [6.45, 7) is 2.56. The monoisotopic (exact) mass is 246 g/mol. The Morgan fingerprint density at radius 3 is 2.56 bits per heavy atom. The van der Waals surface area contributed by atoms with Crippen molar-refractivity contribution in [3.63, 3.8) is 0 Å². The highest BCUT2D eigenvalue weighted by Crippen LogP contribution is 2.22. The Balaban J connectivity index is 2.19. The summed E-state index contributed by atoms with van der Waals surface area (Å²) in [6, 6.07) is 9.27. The van der Waals surface area contributed by atoms with E-state index in [4.69, 9.17) is 0 Å². The molecule has 1 aromatic rings. The molecule has 0 radical (unpaired) electrons. The fourth-order valence-corrected chi connectivity index (χ4v) is 2.35. The first-order valence-corrected chi connectivity index (χ1v) is 6.27. The molecule has 1 atom stereocenters. The molecule has 0 bridgehead atoms. The number of carbonyl (C=O) groups is 2. The Morgan fingerprint density at radius 1 is 1.39 bits per heavy atom. The summed E-state index contributed by atoms with van der Waals surface area (Å²) in [5, 5.41) is 0. The second kappa shape index (κ2) is 5.21. The highest BCUT2D eigenvalue weighted by Gasteiger charge is 2.35. The largest absolute Gasteiger partial charge is 0.334 e. The van der Waals surface area contributed by atoms with E-state index in [2.05, 4.69) is 0 Å². The summed E-state index contributed by atoms with van der Waals surface area (Å²) in [5.41, 5.74) is 0.887. The van der Waals surface area contributed by atoms with E-state index < -0.39 is 0 Å². The van der Waals surface area contributed by atoms with Gasteiger partial charge in [-0.3, -0.25) is 9.59 Å². The van der Waals surface area contributed by atoms with Gasteiger partial charge in [0.25, 0.3) is 0 Å². The lowest BCUT2D eigenvalue weighted by Gasteiger charge is -2.27. The van der Waals surface area contributed by atoms with Crippen LogP contribution in [0.15, 0.2) is 30.3 Å². The lowest BCUT2D eigenvalue weighted by Crippen LogP contribution is -2.45. The Hall–Kier alpha value is -1.84. The molecule has 1 fully saturated rings. The van der Waals surface area contributed by atoms with E-state index in [9.17, 15) is 9.59 Å². The van der Waals surface area contributed by atoms with Crippen molar-refractivity contribution in [3.05, 3.63) is 30.3 Å². The van der Waals surface area contributed by atoms with Gasteiger partial charge in [-0.1, -0.05) is 18.2 Å². The zero-order chi connectivity index (χ0) is 13.1. The molecule has 0 saturated carbocycles. The standard InChI is InChI=1S/C14H18N2O2/c1-3-16(11-7-5-4-6-8-11)14(18)12-9-10-13(17)15(12)2/h4-8,12H,3,9-10H2,1-2H3. The molecular formula is C14H18N2O2. The van der Waals surface area contributed by atoms with Gasteiger partial charge in [-0.15, -0.1) is 0 Å². The van der Waals surface area contributed by atoms with E-state index in [0.29, 0.717) is 19.4 Å². The number of nitrogens with zero attached hydrogens (tertiary/aromatic N) is 2. The highest BCUT2D eigenvalue weighted by atomic mass is 16.2. The summed E-state index contributed by atoms with van der Waals surface area (Å²) in [4.78, 5) is 27.3. The van der Waals surface area contributed by atoms with Gasteiger partial charge in [0.1, 0.15) is 6.04 Å². The van der Waals surface area contributed by atoms with Crippen molar-refractivity contribution in [2.75, 3.05) is 18.5 Å². The fourth-order valence-electron chi connectivity index (χ4n) is 2.35. The van der Waals surface area contributed by atoms with E-state index in [0.717, 1.165) is 5.69 Å². The number of para-hydroxylation sites is 1. The molecule has 2 rings (SSSR count). The van der Waals surface area contributed by atoms with Crippen molar-refractivity contribution in [1.82, 2.24) is 4.90 Å². The van der Waals surface area contributed by atoms with Crippen molar-refractivity contribution in [2.24, 2.45) is 0 Å². The molecule has 1 saturated heterocycles. The van der Waals surface area contributed by atoms with Crippen LogP contribution in [0.2, 0.25) is 0 Å². The number of likely N-dealkylation sites (tertiary alicyclic amines) is 1. The molecule has 1 heterocycles. The number of rotatable bonds is 3. The maximum Gasteiger partial charge on any atom is 0.249 e. The number of anilines is 1. The molecule has 1 aliphatic rings. The number of hydrogen-bond donors (Lipinski definition) is 0. The topological polar surface area (TPSA) is 40.6 Å². The Morgan fingerprint density at radius 2 is 2.06 bits per heavy atom. The van der Waals surface area contributed by atoms with Crippen molar-refractivity contribution in [3.8, 4) is 0 Å². The van der Waals surface area contributed by atoms with Crippen molar-refractivity contribution in [2.45, 2.75) is 25.8 Å². The zero-order valence-electron chi connectivity index (χ0n) is 10.8. The average molecular weight is 246 g/mol. The van der Waals surface area contributed by atoms with Crippen LogP contribution in [0.1, 0.15) is 19.8 Å². The number of benzene rings is 1. The molecule has 0 N–H and O–H groups in total. The van der Waals surface area contributed by atoms with Gasteiger partial charge in [-0.05, 0) is 25.5 Å². The van der Waals surface area contributed by atoms with Crippen LogP contribution in [-0.2, 0) is 9.59 Å². The molecule has 18 heavy (non-hydrogen) atoms. The Kier molecular flexibility index (Phi) is 3.65. The summed E-state index contributed by atoms with van der Waals surface area (Å²) in [7, 11) is 1.71. The second-order valence-corrected chi connectivity index (χ2v) is 4.48. The average Bonchev–Trinajstić information content (AvgIpc) is 2.72. The first kappa shape index (κ1) is 12.6. The zero-order valence-corrected chi connectivity index (χ0v) is 10.8. The van der Waals surface area contributed by atoms with Crippen LogP contribution in [0.4, 0.5) is 5.69 Å². The molecule has 0 spiro atoms. The fraction of sp³-hybridized carbons (Fsp3) is 0.429. The molecule has 1 unspecified atom stereocenters. The third kappa shape index (κ3) is 2.23. The van der Waals surface area contributed by atoms with E-state index in [-0.39, 0.29) is 17.9 Å². The summed E-state index contributed by atoms with van der Waals surface area (Å²) in [6.07, 6.45) is 1.09. The van der Waals surface area contributed by atoms with Gasteiger partial charge in [0.15, 0.2) is 0 Å². The first-order chi connectivity index (χ1) is 8.65. The van der Waals surface area contributed by atoms with Crippen molar-refractivity contribution in [1.29, 1.82) is 0 Å². The molecule has 0 aromatic heterocycles. The third-order valence-electron chi connectivity index (χ3n) is 3.43. The van der Waals surface area contributed by atoms with Crippen LogP contribution >= 0.6 is 0 Å². The number of amides is 2. The summed E-state index contributed by atoms with van der Waals surface area (Å²) < 4.78 is 0. The number of carbonyl (C=O) groups excluding carboxylic acids is 2. The third-order valence-corrected chi connectivity index (χ3v) is 3.43. The van der Waals surface area contributed by atoms with Crippen molar-refractivity contribution < 1.29 is 9.59 Å². The van der Waals surface area contributed by atoms with E-state index in [1.807, 2.05) is 37.3 Å². The van der Waals surface area contributed by atoms with Crippen LogP contribution in [0.25, 0.3) is 0 Å². The second-order valence-electron chi connectivity index (χ2n) is 4.48. The van der Waals surface area contributed by atoms with Crippen LogP contribution in [0, 0.1) is 0 Å². The summed E-state index contributed by atoms with van der Waals surface area (Å²) in [5.74, 6) is 0.0644. The quantitative estimate of drug-likeness (QED) is 0.814. The van der Waals surface area contributed by atoms with Gasteiger partial charge < -0.3 is 9.80 Å². The summed E-state index contributed by atoms with van der Waals surface area (Å²) >= 11 is 0. The first-order valence-electron chi connectivity index (χ1n) is 6.27. The lowest BCUT2D eigenvalue weighted by atomic mass is 10.1. The molecule has 1 aliphatic heterocycles. The van der Waals surface area contributed by atoms with E-state index >= 15 is 0 Å². The van der Waals surface area contributed by atoms with Gasteiger partial charge in [-0.25, -0.2) is 0 Å². The Labute approximate surface area is 107 Å². The smallest absolute Gasteiger partial charge is 0.249 e. The molecule has 4 nitrogen and oxygen atoms in total. The predicted octanol–water partition coefficient (Wildman–Crippen LogP) is 1.66. The minimum absolute atomic E-state index is 0.0112. The molecule has 2 amide bonds. The number of likely N-dealkylation sites (N-methyl/N-ethyl adjacent to an activating group) is 2. The van der Waals surface area contributed by atoms with Gasteiger partial charge in [0.2, 0.25) is 11.8 Å². The van der Waals surface area contributed by atoms with Gasteiger partial charge in [-0.2, -0.15) is 0 Å². The highest BCUT2D eigenvalue weighted by molar-refractivity contribution is 6.00. The SMILES string of the molecule is CCN(C(=O)C1CCC(=O)N1C)c1ccccc1. The van der Waals surface area contributed by atoms with E-state index in [1.165, 1.54) is 0 Å². The molecule has 4 heteroatoms. The molecule has 1 aromatic carbocycles. The molecular weight excluding hydrogens is 228 g/mol. The van der Waals surface area contributed by atoms with Gasteiger partial charge >= 0.3 is 0 Å². The lowest BCUT2D eigenvalue weighted by molar-refractivity contribution is -0.132. The van der Waals surface area contributed by atoms with Gasteiger partial charge in [0, 0.05) is 25.7 Å². The normalized spacial score (nSPS) is 19.1. The van der Waals surface area contributed by atoms with Gasteiger partial charge in [0.05, 0.1) is 0 Å². The minimum atomic E-state index is -0.308. The molecule has 96 valence electrons. The van der Waals surface area contributed by atoms with Crippen LogP contribution in [0.5, 0.6) is 0 Å². The maximum absolute atomic E-state index is 12.5. The maximum atomic E-state index is 12.5. The number of hydrogen-bond acceptors (Lipinski definition) is 2.